The largest absolute Gasteiger partial charge is 0.483 e. The molecule has 0 radical (unpaired) electrons. The second-order valence-corrected chi connectivity index (χ2v) is 8.76. The van der Waals surface area contributed by atoms with Crippen molar-refractivity contribution in [3.8, 4) is 5.75 Å². The van der Waals surface area contributed by atoms with Crippen LogP contribution < -0.4 is 20.3 Å². The molecule has 0 atom stereocenters. The summed E-state index contributed by atoms with van der Waals surface area (Å²) in [6.45, 7) is 1.43. The molecule has 188 valence electrons. The Morgan fingerprint density at radius 3 is 2.49 bits per heavy atom. The normalized spacial score (nSPS) is 14.5. The number of benzene rings is 3. The van der Waals surface area contributed by atoms with Crippen LogP contribution in [0.2, 0.25) is 10.0 Å². The second-order valence-electron chi connectivity index (χ2n) is 7.92. The van der Waals surface area contributed by atoms with E-state index in [1.54, 1.807) is 18.2 Å². The molecule has 1 heterocycles. The average molecular weight is 542 g/mol. The van der Waals surface area contributed by atoms with E-state index < -0.39 is 41.7 Å². The molecule has 1 saturated heterocycles. The first-order valence-electron chi connectivity index (χ1n) is 10.8. The number of carbonyl (C=O) groups excluding carboxylic acids is 4. The smallest absolute Gasteiger partial charge is 0.335 e. The highest BCUT2D eigenvalue weighted by Gasteiger charge is 2.37. The molecule has 3 aromatic carbocycles. The summed E-state index contributed by atoms with van der Waals surface area (Å²) < 4.78 is 18.9. The van der Waals surface area contributed by atoms with Crippen molar-refractivity contribution in [2.45, 2.75) is 6.92 Å². The van der Waals surface area contributed by atoms with Crippen LogP contribution >= 0.6 is 23.2 Å². The van der Waals surface area contributed by atoms with Crippen LogP contribution in [-0.2, 0) is 14.4 Å². The van der Waals surface area contributed by atoms with Gasteiger partial charge in [-0.2, -0.15) is 0 Å². The Kier molecular flexibility index (Phi) is 7.56. The zero-order valence-electron chi connectivity index (χ0n) is 19.2. The van der Waals surface area contributed by atoms with Crippen LogP contribution in [0.5, 0.6) is 5.75 Å². The molecular formula is C26H18Cl2FN3O5. The predicted octanol–water partition coefficient (Wildman–Crippen LogP) is 5.12. The molecule has 5 amide bonds. The summed E-state index contributed by atoms with van der Waals surface area (Å²) in [5.41, 5.74) is 1.23. The number of barbiturate groups is 1. The molecule has 0 saturated carbocycles. The molecule has 0 aliphatic carbocycles. The molecule has 0 unspecified atom stereocenters. The number of nitrogens with zero attached hydrogens (tertiary/aromatic N) is 1. The van der Waals surface area contributed by atoms with Gasteiger partial charge in [0.2, 0.25) is 0 Å². The summed E-state index contributed by atoms with van der Waals surface area (Å²) in [5, 5.41) is 5.51. The third-order valence-corrected chi connectivity index (χ3v) is 5.91. The van der Waals surface area contributed by atoms with Gasteiger partial charge in [-0.05, 0) is 73.2 Å². The molecule has 0 bridgehead atoms. The van der Waals surface area contributed by atoms with E-state index in [1.165, 1.54) is 36.4 Å². The minimum absolute atomic E-state index is 0.0674. The third-order valence-electron chi connectivity index (χ3n) is 5.27. The van der Waals surface area contributed by atoms with Crippen LogP contribution in [0.4, 0.5) is 20.6 Å². The van der Waals surface area contributed by atoms with E-state index in [-0.39, 0.29) is 22.0 Å². The topological polar surface area (TPSA) is 105 Å². The van der Waals surface area contributed by atoms with E-state index >= 15 is 0 Å². The summed E-state index contributed by atoms with van der Waals surface area (Å²) in [7, 11) is 0. The first-order valence-corrected chi connectivity index (χ1v) is 11.5. The number of urea groups is 1. The summed E-state index contributed by atoms with van der Waals surface area (Å²) >= 11 is 12.2. The molecule has 1 aliphatic rings. The number of anilines is 2. The molecule has 3 aromatic rings. The first-order chi connectivity index (χ1) is 17.6. The Morgan fingerprint density at radius 2 is 1.78 bits per heavy atom. The van der Waals surface area contributed by atoms with Crippen LogP contribution in [0.1, 0.15) is 11.1 Å². The Balaban J connectivity index is 1.57. The highest BCUT2D eigenvalue weighted by atomic mass is 35.5. The third kappa shape index (κ3) is 5.96. The van der Waals surface area contributed by atoms with Gasteiger partial charge >= 0.3 is 6.03 Å². The molecule has 2 N–H and O–H groups in total. The van der Waals surface area contributed by atoms with Gasteiger partial charge in [0.1, 0.15) is 17.1 Å². The fraction of sp³-hybridized carbons (Fsp3) is 0.0769. The average Bonchev–Trinajstić information content (AvgIpc) is 2.84. The number of carbonyl (C=O) groups is 4. The molecule has 0 spiro atoms. The molecule has 8 nitrogen and oxygen atoms in total. The maximum atomic E-state index is 13.3. The van der Waals surface area contributed by atoms with E-state index in [2.05, 4.69) is 10.6 Å². The fourth-order valence-electron chi connectivity index (χ4n) is 3.41. The van der Waals surface area contributed by atoms with Crippen LogP contribution in [-0.4, -0.2) is 30.4 Å². The quantitative estimate of drug-likeness (QED) is 0.332. The summed E-state index contributed by atoms with van der Waals surface area (Å²) in [5.74, 6) is -2.75. The van der Waals surface area contributed by atoms with Gasteiger partial charge in [-0.3, -0.25) is 19.7 Å². The predicted molar refractivity (Wildman–Crippen MR) is 137 cm³/mol. The van der Waals surface area contributed by atoms with Crippen LogP contribution in [0, 0.1) is 12.7 Å². The highest BCUT2D eigenvalue weighted by molar-refractivity contribution is 6.39. The van der Waals surface area contributed by atoms with E-state index in [0.717, 1.165) is 17.7 Å². The minimum atomic E-state index is -0.978. The lowest BCUT2D eigenvalue weighted by molar-refractivity contribution is -0.122. The standard InChI is InChI=1S/C26H18Cl2FN3O5/c1-14-2-6-18(12-21(14)28)30-23(33)13-37-22-9-3-16(27)10-15(22)11-20-24(34)31-26(36)32(25(20)35)19-7-4-17(29)5-8-19/h2-12H,13H2,1H3,(H,30,33)(H,31,34,36)/b20-11+. The maximum Gasteiger partial charge on any atom is 0.335 e. The second kappa shape index (κ2) is 10.8. The Bertz CT molecular complexity index is 1460. The maximum absolute atomic E-state index is 13.3. The molecule has 11 heteroatoms. The number of rotatable bonds is 6. The van der Waals surface area contributed by atoms with Crippen molar-refractivity contribution in [1.29, 1.82) is 0 Å². The van der Waals surface area contributed by atoms with Crippen LogP contribution in [0.25, 0.3) is 6.08 Å². The number of amides is 5. The van der Waals surface area contributed by atoms with Crippen molar-refractivity contribution in [3.05, 3.63) is 93.2 Å². The Morgan fingerprint density at radius 1 is 1.05 bits per heavy atom. The molecule has 37 heavy (non-hydrogen) atoms. The van der Waals surface area contributed by atoms with Gasteiger partial charge in [0.05, 0.1) is 5.69 Å². The van der Waals surface area contributed by atoms with Crippen molar-refractivity contribution < 1.29 is 28.3 Å². The molecule has 4 rings (SSSR count). The van der Waals surface area contributed by atoms with Gasteiger partial charge < -0.3 is 10.1 Å². The van der Waals surface area contributed by atoms with Crippen molar-refractivity contribution >= 4 is 64.4 Å². The van der Waals surface area contributed by atoms with Gasteiger partial charge in [-0.25, -0.2) is 14.1 Å². The summed E-state index contributed by atoms with van der Waals surface area (Å²) in [6, 6.07) is 13.1. The lowest BCUT2D eigenvalue weighted by atomic mass is 10.1. The minimum Gasteiger partial charge on any atom is -0.483 e. The van der Waals surface area contributed by atoms with Crippen molar-refractivity contribution in [2.75, 3.05) is 16.8 Å². The van der Waals surface area contributed by atoms with E-state index in [9.17, 15) is 23.6 Å². The highest BCUT2D eigenvalue weighted by Crippen LogP contribution is 2.28. The van der Waals surface area contributed by atoms with Gasteiger partial charge in [-0.1, -0.05) is 29.3 Å². The van der Waals surface area contributed by atoms with Gasteiger partial charge in [-0.15, -0.1) is 0 Å². The molecule has 1 aliphatic heterocycles. The zero-order valence-corrected chi connectivity index (χ0v) is 20.7. The van der Waals surface area contributed by atoms with E-state index in [0.29, 0.717) is 15.6 Å². The lowest BCUT2D eigenvalue weighted by Crippen LogP contribution is -2.54. The SMILES string of the molecule is Cc1ccc(NC(=O)COc2ccc(Cl)cc2/C=C2\C(=O)NC(=O)N(c3ccc(F)cc3)C2=O)cc1Cl. The molecule has 1 fully saturated rings. The van der Waals surface area contributed by atoms with Gasteiger partial charge in [0, 0.05) is 21.3 Å². The first kappa shape index (κ1) is 25.9. The van der Waals surface area contributed by atoms with Gasteiger partial charge in [0.15, 0.2) is 6.61 Å². The van der Waals surface area contributed by atoms with Crippen molar-refractivity contribution in [3.63, 3.8) is 0 Å². The molecular weight excluding hydrogens is 524 g/mol. The van der Waals surface area contributed by atoms with Crippen molar-refractivity contribution in [1.82, 2.24) is 5.32 Å². The van der Waals surface area contributed by atoms with Crippen LogP contribution in [0.15, 0.2) is 66.2 Å². The summed E-state index contributed by atoms with van der Waals surface area (Å²) in [6.07, 6.45) is 1.19. The number of ether oxygens (including phenoxy) is 1. The van der Waals surface area contributed by atoms with Gasteiger partial charge in [0.25, 0.3) is 17.7 Å². The number of hydrogen-bond donors (Lipinski definition) is 2. The lowest BCUT2D eigenvalue weighted by Gasteiger charge is -2.26. The number of hydrogen-bond acceptors (Lipinski definition) is 5. The van der Waals surface area contributed by atoms with Crippen molar-refractivity contribution in [2.24, 2.45) is 0 Å². The fourth-order valence-corrected chi connectivity index (χ4v) is 3.77. The van der Waals surface area contributed by atoms with Crippen LogP contribution in [0.3, 0.4) is 0 Å². The monoisotopic (exact) mass is 541 g/mol. The Labute approximate surface area is 220 Å². The summed E-state index contributed by atoms with van der Waals surface area (Å²) in [4.78, 5) is 51.0. The molecule has 0 aromatic heterocycles. The number of imide groups is 2. The number of nitrogens with one attached hydrogen (secondary N) is 2. The number of halogens is 3. The number of aryl methyl sites for hydroxylation is 1. The Hall–Kier alpha value is -4.21. The van der Waals surface area contributed by atoms with E-state index in [4.69, 9.17) is 27.9 Å². The van der Waals surface area contributed by atoms with E-state index in [1.807, 2.05) is 6.92 Å². The zero-order chi connectivity index (χ0) is 26.7.